The van der Waals surface area contributed by atoms with Crippen LogP contribution in [-0.2, 0) is 4.79 Å². The number of halogens is 3. The molecule has 2 fully saturated rings. The zero-order valence-corrected chi connectivity index (χ0v) is 18.9. The van der Waals surface area contributed by atoms with Crippen molar-refractivity contribution in [1.29, 1.82) is 0 Å². The second kappa shape index (κ2) is 8.61. The van der Waals surface area contributed by atoms with Crippen LogP contribution in [0.3, 0.4) is 0 Å². The lowest BCUT2D eigenvalue weighted by atomic mass is 9.95. The maximum absolute atomic E-state index is 12.6. The highest BCUT2D eigenvalue weighted by Crippen LogP contribution is 2.43. The molecule has 0 spiro atoms. The Morgan fingerprint density at radius 3 is 2.50 bits per heavy atom. The van der Waals surface area contributed by atoms with Crippen molar-refractivity contribution in [3.63, 3.8) is 0 Å². The van der Waals surface area contributed by atoms with Gasteiger partial charge in [0.05, 0.1) is 18.8 Å². The summed E-state index contributed by atoms with van der Waals surface area (Å²) in [5.74, 6) is 1.97. The molecule has 1 amide bonds. The van der Waals surface area contributed by atoms with E-state index in [1.54, 1.807) is 11.1 Å². The Balaban J connectivity index is 1.28. The number of anilines is 1. The van der Waals surface area contributed by atoms with Crippen LogP contribution in [0.1, 0.15) is 40.0 Å². The number of fused-ring (bicyclic) bond motifs is 2. The molecule has 0 radical (unpaired) electrons. The van der Waals surface area contributed by atoms with Crippen molar-refractivity contribution in [2.24, 2.45) is 23.2 Å². The zero-order valence-electron chi connectivity index (χ0n) is 18.9. The second-order valence-corrected chi connectivity index (χ2v) is 10.4. The molecular formula is C24H32F3N3O2. The molecule has 176 valence electrons. The van der Waals surface area contributed by atoms with Crippen LogP contribution in [0, 0.1) is 23.2 Å². The molecule has 1 aliphatic heterocycles. The predicted molar refractivity (Wildman–Crippen MR) is 119 cm³/mol. The van der Waals surface area contributed by atoms with Gasteiger partial charge in [-0.3, -0.25) is 9.69 Å². The van der Waals surface area contributed by atoms with E-state index in [0.717, 1.165) is 41.6 Å². The number of rotatable bonds is 6. The van der Waals surface area contributed by atoms with Gasteiger partial charge in [0, 0.05) is 35.6 Å². The summed E-state index contributed by atoms with van der Waals surface area (Å²) in [5.41, 5.74) is 1.17. The number of amides is 1. The number of likely N-dealkylation sites (tertiary alicyclic amines) is 1. The molecule has 1 saturated heterocycles. The van der Waals surface area contributed by atoms with Crippen molar-refractivity contribution < 1.29 is 22.7 Å². The number of carbonyl (C=O) groups is 1. The molecule has 1 aromatic heterocycles. The monoisotopic (exact) mass is 451 g/mol. The SMILES string of the molecule is CC(C)(C)C(=O)Nc1c[nH]c2ccc(OCCC3C[C@@H]4CN(CC(F)(F)F)C[C@@H]4C3)cc12. The number of aromatic amines is 1. The van der Waals surface area contributed by atoms with E-state index in [1.807, 2.05) is 39.0 Å². The van der Waals surface area contributed by atoms with Crippen LogP contribution >= 0.6 is 0 Å². The van der Waals surface area contributed by atoms with Crippen molar-refractivity contribution in [2.75, 3.05) is 31.6 Å². The number of H-pyrrole nitrogens is 1. The molecule has 0 bridgehead atoms. The van der Waals surface area contributed by atoms with E-state index in [-0.39, 0.29) is 5.91 Å². The maximum atomic E-state index is 12.6. The third-order valence-electron chi connectivity index (χ3n) is 6.70. The fourth-order valence-electron chi connectivity index (χ4n) is 5.09. The number of hydrogen-bond donors (Lipinski definition) is 2. The van der Waals surface area contributed by atoms with Gasteiger partial charge in [-0.2, -0.15) is 13.2 Å². The molecule has 3 atom stereocenters. The zero-order chi connectivity index (χ0) is 23.1. The number of nitrogens with zero attached hydrogens (tertiary/aromatic N) is 1. The van der Waals surface area contributed by atoms with E-state index in [9.17, 15) is 18.0 Å². The topological polar surface area (TPSA) is 57.4 Å². The Morgan fingerprint density at radius 1 is 1.19 bits per heavy atom. The highest BCUT2D eigenvalue weighted by atomic mass is 19.4. The molecule has 32 heavy (non-hydrogen) atoms. The molecule has 1 saturated carbocycles. The normalized spacial score (nSPS) is 24.1. The van der Waals surface area contributed by atoms with Gasteiger partial charge in [-0.05, 0) is 55.2 Å². The van der Waals surface area contributed by atoms with Gasteiger partial charge in [0.25, 0.3) is 0 Å². The van der Waals surface area contributed by atoms with Gasteiger partial charge in [0.1, 0.15) is 5.75 Å². The molecule has 5 nitrogen and oxygen atoms in total. The van der Waals surface area contributed by atoms with Crippen LogP contribution in [0.25, 0.3) is 10.9 Å². The highest BCUT2D eigenvalue weighted by molar-refractivity contribution is 6.03. The fraction of sp³-hybridized carbons (Fsp3) is 0.625. The summed E-state index contributed by atoms with van der Waals surface area (Å²) in [7, 11) is 0. The molecular weight excluding hydrogens is 419 g/mol. The van der Waals surface area contributed by atoms with E-state index in [1.165, 1.54) is 0 Å². The van der Waals surface area contributed by atoms with E-state index in [4.69, 9.17) is 4.74 Å². The van der Waals surface area contributed by atoms with E-state index in [2.05, 4.69) is 10.3 Å². The number of nitrogens with one attached hydrogen (secondary N) is 2. The van der Waals surface area contributed by atoms with Crippen molar-refractivity contribution in [3.05, 3.63) is 24.4 Å². The first-order valence-corrected chi connectivity index (χ1v) is 11.3. The van der Waals surface area contributed by atoms with Gasteiger partial charge < -0.3 is 15.0 Å². The van der Waals surface area contributed by atoms with Gasteiger partial charge in [0.2, 0.25) is 5.91 Å². The van der Waals surface area contributed by atoms with Crippen LogP contribution in [0.4, 0.5) is 18.9 Å². The fourth-order valence-corrected chi connectivity index (χ4v) is 5.09. The molecule has 2 aliphatic rings. The molecule has 4 rings (SSSR count). The molecule has 1 aromatic carbocycles. The van der Waals surface area contributed by atoms with Gasteiger partial charge in [-0.1, -0.05) is 20.8 Å². The third-order valence-corrected chi connectivity index (χ3v) is 6.70. The molecule has 1 unspecified atom stereocenters. The quantitative estimate of drug-likeness (QED) is 0.615. The number of aromatic nitrogens is 1. The third kappa shape index (κ3) is 5.39. The lowest BCUT2D eigenvalue weighted by molar-refractivity contribution is -0.144. The Hall–Kier alpha value is -2.22. The lowest BCUT2D eigenvalue weighted by Crippen LogP contribution is -2.33. The Labute approximate surface area is 186 Å². The van der Waals surface area contributed by atoms with Crippen LogP contribution in [-0.4, -0.2) is 48.2 Å². The first-order chi connectivity index (χ1) is 15.0. The van der Waals surface area contributed by atoms with Crippen molar-refractivity contribution >= 4 is 22.5 Å². The molecule has 2 aromatic rings. The van der Waals surface area contributed by atoms with Crippen LogP contribution in [0.15, 0.2) is 24.4 Å². The van der Waals surface area contributed by atoms with Gasteiger partial charge in [0.15, 0.2) is 0 Å². The lowest BCUT2D eigenvalue weighted by Gasteiger charge is -2.20. The smallest absolute Gasteiger partial charge is 0.401 e. The van der Waals surface area contributed by atoms with Gasteiger partial charge >= 0.3 is 6.18 Å². The van der Waals surface area contributed by atoms with Crippen LogP contribution in [0.5, 0.6) is 5.75 Å². The number of carbonyl (C=O) groups excluding carboxylic acids is 1. The van der Waals surface area contributed by atoms with Crippen LogP contribution < -0.4 is 10.1 Å². The van der Waals surface area contributed by atoms with Crippen molar-refractivity contribution in [1.82, 2.24) is 9.88 Å². The molecule has 1 aliphatic carbocycles. The Kier molecular flexibility index (Phi) is 6.18. The average molecular weight is 452 g/mol. The summed E-state index contributed by atoms with van der Waals surface area (Å²) in [5, 5.41) is 3.88. The summed E-state index contributed by atoms with van der Waals surface area (Å²) >= 11 is 0. The number of benzene rings is 1. The summed E-state index contributed by atoms with van der Waals surface area (Å²) < 4.78 is 43.9. The molecule has 8 heteroatoms. The standard InChI is InChI=1S/C24H32F3N3O2/c1-23(2,3)22(31)29-21-11-28-20-5-4-18(10-19(20)21)32-7-6-15-8-16-12-30(13-17(16)9-15)14-24(25,26)27/h4-5,10-11,15-17,28H,6-9,12-14H2,1-3H3,(H,29,31)/t15?,16-,17+. The second-order valence-electron chi connectivity index (χ2n) is 10.4. The number of ether oxygens (including phenoxy) is 1. The van der Waals surface area contributed by atoms with Gasteiger partial charge in [-0.15, -0.1) is 0 Å². The molecule has 2 heterocycles. The highest BCUT2D eigenvalue weighted by Gasteiger charge is 2.43. The predicted octanol–water partition coefficient (Wildman–Crippen LogP) is 5.44. The number of alkyl halides is 3. The van der Waals surface area contributed by atoms with E-state index < -0.39 is 18.1 Å². The Bertz CT molecular complexity index is 950. The van der Waals surface area contributed by atoms with Gasteiger partial charge in [-0.25, -0.2) is 0 Å². The number of hydrogen-bond acceptors (Lipinski definition) is 3. The first kappa shape index (κ1) is 23.0. The maximum Gasteiger partial charge on any atom is 0.401 e. The molecule has 2 N–H and O–H groups in total. The average Bonchev–Trinajstić information content (AvgIpc) is 3.33. The Morgan fingerprint density at radius 2 is 1.88 bits per heavy atom. The first-order valence-electron chi connectivity index (χ1n) is 11.3. The van der Waals surface area contributed by atoms with Crippen molar-refractivity contribution in [3.8, 4) is 5.75 Å². The largest absolute Gasteiger partial charge is 0.494 e. The minimum atomic E-state index is -4.11. The summed E-state index contributed by atoms with van der Waals surface area (Å²) in [6.07, 6.45) is 0.564. The van der Waals surface area contributed by atoms with E-state index >= 15 is 0 Å². The van der Waals surface area contributed by atoms with Crippen LogP contribution in [0.2, 0.25) is 0 Å². The van der Waals surface area contributed by atoms with E-state index in [0.29, 0.717) is 37.5 Å². The van der Waals surface area contributed by atoms with Crippen molar-refractivity contribution in [2.45, 2.75) is 46.2 Å². The minimum absolute atomic E-state index is 0.0506. The minimum Gasteiger partial charge on any atom is -0.494 e. The summed E-state index contributed by atoms with van der Waals surface area (Å²) in [4.78, 5) is 17.1. The summed E-state index contributed by atoms with van der Waals surface area (Å²) in [6.45, 7) is 6.54. The summed E-state index contributed by atoms with van der Waals surface area (Å²) in [6, 6.07) is 5.78.